The van der Waals surface area contributed by atoms with Gasteiger partial charge in [-0.25, -0.2) is 0 Å². The van der Waals surface area contributed by atoms with Gasteiger partial charge in [-0.2, -0.15) is 0 Å². The highest BCUT2D eigenvalue weighted by atomic mass is 79.9. The Bertz CT molecular complexity index is 76.6. The number of hydrogen-bond acceptors (Lipinski definition) is 1. The zero-order valence-corrected chi connectivity index (χ0v) is 9.78. The Kier molecular flexibility index (Phi) is 5.90. The minimum atomic E-state index is -0.329. The van der Waals surface area contributed by atoms with Crippen molar-refractivity contribution in [3.63, 3.8) is 0 Å². The highest BCUT2D eigenvalue weighted by Gasteiger charge is 2.18. The zero-order chi connectivity index (χ0) is 7.44. The molecular weight excluding hydrogens is 316 g/mol. The molecule has 0 spiro atoms. The molecule has 0 aliphatic heterocycles. The monoisotopic (exact) mass is 322 g/mol. The van der Waals surface area contributed by atoms with E-state index in [-0.39, 0.29) is 15.8 Å². The Morgan fingerprint density at radius 3 is 2.00 bits per heavy atom. The van der Waals surface area contributed by atoms with Crippen LogP contribution in [0.25, 0.3) is 0 Å². The van der Waals surface area contributed by atoms with Crippen molar-refractivity contribution in [1.82, 2.24) is 0 Å². The first-order valence-corrected chi connectivity index (χ1v) is 5.57. The van der Waals surface area contributed by atoms with E-state index >= 15 is 0 Å². The lowest BCUT2D eigenvalue weighted by Crippen LogP contribution is -2.28. The summed E-state index contributed by atoms with van der Waals surface area (Å²) in [6.45, 7) is 1.92. The van der Waals surface area contributed by atoms with Crippen molar-refractivity contribution in [1.29, 1.82) is 0 Å². The van der Waals surface area contributed by atoms with E-state index in [0.717, 1.165) is 5.33 Å². The molecule has 1 N–H and O–H groups in total. The Balaban J connectivity index is 3.58. The topological polar surface area (TPSA) is 20.2 Å². The van der Waals surface area contributed by atoms with Crippen molar-refractivity contribution in [3.8, 4) is 0 Å². The third-order valence-corrected chi connectivity index (χ3v) is 3.96. The highest BCUT2D eigenvalue weighted by Crippen LogP contribution is 2.16. The number of alkyl halides is 3. The fourth-order valence-electron chi connectivity index (χ4n) is 0.379. The maximum atomic E-state index is 9.27. The second-order valence-corrected chi connectivity index (χ2v) is 5.11. The van der Waals surface area contributed by atoms with Gasteiger partial charge in [0, 0.05) is 10.2 Å². The van der Waals surface area contributed by atoms with E-state index in [4.69, 9.17) is 0 Å². The molecule has 9 heavy (non-hydrogen) atoms. The second-order valence-electron chi connectivity index (χ2n) is 1.84. The van der Waals surface area contributed by atoms with E-state index < -0.39 is 0 Å². The van der Waals surface area contributed by atoms with E-state index in [1.165, 1.54) is 0 Å². The molecule has 56 valence electrons. The molecule has 0 heterocycles. The maximum absolute atomic E-state index is 9.27. The van der Waals surface area contributed by atoms with Crippen molar-refractivity contribution in [3.05, 3.63) is 0 Å². The van der Waals surface area contributed by atoms with Gasteiger partial charge < -0.3 is 5.11 Å². The molecule has 0 bridgehead atoms. The summed E-state index contributed by atoms with van der Waals surface area (Å²) in [6.07, 6.45) is -0.329. The van der Waals surface area contributed by atoms with Crippen LogP contribution < -0.4 is 0 Å². The quantitative estimate of drug-likeness (QED) is 0.790. The fourth-order valence-corrected chi connectivity index (χ4v) is 2.00. The summed E-state index contributed by atoms with van der Waals surface area (Å²) in [7, 11) is 0. The molecule has 4 heteroatoms. The summed E-state index contributed by atoms with van der Waals surface area (Å²) in [5, 5.41) is 10.0. The van der Waals surface area contributed by atoms with Crippen LogP contribution in [-0.2, 0) is 0 Å². The SMILES string of the molecule is CC(Br)C(O)C(Br)CBr. The first-order chi connectivity index (χ1) is 4.09. The maximum Gasteiger partial charge on any atom is 0.0795 e. The lowest BCUT2D eigenvalue weighted by Gasteiger charge is -2.16. The predicted octanol–water partition coefficient (Wildman–Crippen LogP) is 2.29. The smallest absolute Gasteiger partial charge is 0.0795 e. The first kappa shape index (κ1) is 10.4. The summed E-state index contributed by atoms with van der Waals surface area (Å²) in [4.78, 5) is 0.270. The third-order valence-electron chi connectivity index (χ3n) is 0.989. The molecule has 0 aliphatic carbocycles. The van der Waals surface area contributed by atoms with Crippen molar-refractivity contribution in [2.75, 3.05) is 5.33 Å². The highest BCUT2D eigenvalue weighted by molar-refractivity contribution is 9.12. The van der Waals surface area contributed by atoms with E-state index in [0.29, 0.717) is 0 Å². The molecule has 0 saturated carbocycles. The molecule has 0 radical (unpaired) electrons. The lowest BCUT2D eigenvalue weighted by atomic mass is 10.2. The van der Waals surface area contributed by atoms with Crippen LogP contribution in [0.2, 0.25) is 0 Å². The molecule has 0 saturated heterocycles. The summed E-state index contributed by atoms with van der Waals surface area (Å²) < 4.78 is 0. The fraction of sp³-hybridized carbons (Fsp3) is 1.00. The normalized spacial score (nSPS) is 21.0. The number of aliphatic hydroxyl groups is 1. The number of aliphatic hydroxyl groups excluding tert-OH is 1. The van der Waals surface area contributed by atoms with Crippen LogP contribution in [0.3, 0.4) is 0 Å². The minimum Gasteiger partial charge on any atom is -0.391 e. The molecule has 0 aromatic rings. The van der Waals surface area contributed by atoms with Gasteiger partial charge in [-0.15, -0.1) is 0 Å². The number of rotatable bonds is 3. The van der Waals surface area contributed by atoms with Crippen molar-refractivity contribution < 1.29 is 5.11 Å². The molecule has 0 fully saturated rings. The summed E-state index contributed by atoms with van der Waals surface area (Å²) >= 11 is 9.85. The van der Waals surface area contributed by atoms with Gasteiger partial charge in [0.2, 0.25) is 0 Å². The average Bonchev–Trinajstić information content (AvgIpc) is 1.84. The van der Waals surface area contributed by atoms with Gasteiger partial charge >= 0.3 is 0 Å². The van der Waals surface area contributed by atoms with Gasteiger partial charge in [-0.05, 0) is 0 Å². The van der Waals surface area contributed by atoms with Crippen LogP contribution in [0.4, 0.5) is 0 Å². The molecule has 0 rings (SSSR count). The van der Waals surface area contributed by atoms with Gasteiger partial charge in [0.05, 0.1) is 10.9 Å². The van der Waals surface area contributed by atoms with Crippen LogP contribution in [0.1, 0.15) is 6.92 Å². The Morgan fingerprint density at radius 1 is 1.44 bits per heavy atom. The summed E-state index contributed by atoms with van der Waals surface area (Å²) in [5.41, 5.74) is 0. The molecule has 1 nitrogen and oxygen atoms in total. The molecule has 0 amide bonds. The Morgan fingerprint density at radius 2 is 1.89 bits per heavy atom. The van der Waals surface area contributed by atoms with Crippen LogP contribution in [0.5, 0.6) is 0 Å². The van der Waals surface area contributed by atoms with Gasteiger partial charge in [0.25, 0.3) is 0 Å². The van der Waals surface area contributed by atoms with E-state index in [9.17, 15) is 5.11 Å². The average molecular weight is 325 g/mol. The van der Waals surface area contributed by atoms with E-state index in [1.807, 2.05) is 6.92 Å². The number of hydrogen-bond donors (Lipinski definition) is 1. The van der Waals surface area contributed by atoms with Gasteiger partial charge in [0.1, 0.15) is 0 Å². The number of halogens is 3. The van der Waals surface area contributed by atoms with E-state index in [1.54, 1.807) is 0 Å². The van der Waals surface area contributed by atoms with Crippen LogP contribution in [-0.4, -0.2) is 26.2 Å². The largest absolute Gasteiger partial charge is 0.391 e. The minimum absolute atomic E-state index is 0.131. The summed E-state index contributed by atoms with van der Waals surface area (Å²) in [6, 6.07) is 0. The Labute approximate surface area is 80.6 Å². The molecule has 3 unspecified atom stereocenters. The van der Waals surface area contributed by atoms with E-state index in [2.05, 4.69) is 47.8 Å². The molecule has 0 aliphatic rings. The first-order valence-electron chi connectivity index (χ1n) is 2.61. The predicted molar refractivity (Wildman–Crippen MR) is 50.9 cm³/mol. The second kappa shape index (κ2) is 5.10. The molecule has 3 atom stereocenters. The van der Waals surface area contributed by atoms with Crippen molar-refractivity contribution >= 4 is 47.8 Å². The zero-order valence-electron chi connectivity index (χ0n) is 5.02. The van der Waals surface area contributed by atoms with Gasteiger partial charge in [-0.3, -0.25) is 0 Å². The molecular formula is C5H9Br3O. The van der Waals surface area contributed by atoms with Gasteiger partial charge in [-0.1, -0.05) is 54.7 Å². The Hall–Kier alpha value is 1.40. The molecule has 0 aromatic carbocycles. The van der Waals surface area contributed by atoms with Crippen LogP contribution in [0, 0.1) is 0 Å². The lowest BCUT2D eigenvalue weighted by molar-refractivity contribution is 0.182. The van der Waals surface area contributed by atoms with Crippen molar-refractivity contribution in [2.45, 2.75) is 22.7 Å². The van der Waals surface area contributed by atoms with Crippen LogP contribution >= 0.6 is 47.8 Å². The van der Waals surface area contributed by atoms with Crippen LogP contribution in [0.15, 0.2) is 0 Å². The van der Waals surface area contributed by atoms with Crippen molar-refractivity contribution in [2.24, 2.45) is 0 Å². The molecule has 0 aromatic heterocycles. The standard InChI is InChI=1S/C5H9Br3O/c1-3(7)5(9)4(8)2-6/h3-5,9H,2H2,1H3. The van der Waals surface area contributed by atoms with Gasteiger partial charge in [0.15, 0.2) is 0 Å². The summed E-state index contributed by atoms with van der Waals surface area (Å²) in [5.74, 6) is 0. The third kappa shape index (κ3) is 3.96.